The van der Waals surface area contributed by atoms with Crippen molar-refractivity contribution in [1.29, 1.82) is 0 Å². The summed E-state index contributed by atoms with van der Waals surface area (Å²) in [4.78, 5) is 21.5. The maximum Gasteiger partial charge on any atom is 0.422 e. The summed E-state index contributed by atoms with van der Waals surface area (Å²) < 4.78 is 54.9. The van der Waals surface area contributed by atoms with Crippen LogP contribution in [0.3, 0.4) is 0 Å². The Balaban J connectivity index is 1.56. The van der Waals surface area contributed by atoms with Crippen molar-refractivity contribution in [3.8, 4) is 11.6 Å². The Morgan fingerprint density at radius 1 is 1.18 bits per heavy atom. The fourth-order valence-corrected chi connectivity index (χ4v) is 3.76. The molecule has 0 N–H and O–H groups in total. The first-order valence-corrected chi connectivity index (χ1v) is 10.7. The van der Waals surface area contributed by atoms with Gasteiger partial charge in [0.05, 0.1) is 12.3 Å². The zero-order valence-electron chi connectivity index (χ0n) is 18.1. The van der Waals surface area contributed by atoms with Crippen LogP contribution in [0.2, 0.25) is 0 Å². The zero-order valence-corrected chi connectivity index (χ0v) is 18.1. The van der Waals surface area contributed by atoms with E-state index in [9.17, 15) is 18.0 Å². The summed E-state index contributed by atoms with van der Waals surface area (Å²) in [5.41, 5.74) is 2.34. The Hall–Kier alpha value is -3.14. The minimum absolute atomic E-state index is 0.0192. The van der Waals surface area contributed by atoms with Gasteiger partial charge in [0.15, 0.2) is 12.4 Å². The molecule has 1 fully saturated rings. The van der Waals surface area contributed by atoms with Crippen LogP contribution in [0, 0.1) is 0 Å². The van der Waals surface area contributed by atoms with Crippen molar-refractivity contribution in [2.24, 2.45) is 0 Å². The lowest BCUT2D eigenvalue weighted by Crippen LogP contribution is -2.20. The van der Waals surface area contributed by atoms with Crippen LogP contribution in [0.1, 0.15) is 47.4 Å². The van der Waals surface area contributed by atoms with Crippen LogP contribution in [0.4, 0.5) is 13.2 Å². The van der Waals surface area contributed by atoms with Crippen molar-refractivity contribution < 1.29 is 32.2 Å². The Bertz CT molecular complexity index is 1120. The van der Waals surface area contributed by atoms with Crippen molar-refractivity contribution in [3.63, 3.8) is 0 Å². The second-order valence-corrected chi connectivity index (χ2v) is 7.78. The van der Waals surface area contributed by atoms with E-state index in [0.717, 1.165) is 24.2 Å². The first-order chi connectivity index (χ1) is 15.8. The highest BCUT2D eigenvalue weighted by molar-refractivity contribution is 5.96. The predicted molar refractivity (Wildman–Crippen MR) is 113 cm³/mol. The van der Waals surface area contributed by atoms with E-state index in [2.05, 4.69) is 9.72 Å². The van der Waals surface area contributed by atoms with Gasteiger partial charge in [-0.3, -0.25) is 4.79 Å². The molecule has 0 atom stereocenters. The number of carbonyl (C=O) groups is 1. The van der Waals surface area contributed by atoms with Crippen LogP contribution in [-0.4, -0.2) is 52.8 Å². The summed E-state index contributed by atoms with van der Waals surface area (Å²) in [6, 6.07) is 5.96. The quantitative estimate of drug-likeness (QED) is 0.462. The lowest BCUT2D eigenvalue weighted by atomic mass is 9.97. The van der Waals surface area contributed by atoms with Gasteiger partial charge in [0, 0.05) is 55.6 Å². The predicted octanol–water partition coefficient (Wildman–Crippen LogP) is 4.39. The molecule has 0 bridgehead atoms. The van der Waals surface area contributed by atoms with Gasteiger partial charge in [-0.25, -0.2) is 9.97 Å². The van der Waals surface area contributed by atoms with E-state index in [1.807, 2.05) is 17.5 Å². The van der Waals surface area contributed by atoms with Gasteiger partial charge in [0.2, 0.25) is 5.88 Å². The van der Waals surface area contributed by atoms with Gasteiger partial charge in [-0.05, 0) is 25.8 Å². The molecule has 10 heteroatoms. The van der Waals surface area contributed by atoms with Crippen molar-refractivity contribution in [2.45, 2.75) is 38.3 Å². The highest BCUT2D eigenvalue weighted by atomic mass is 19.4. The van der Waals surface area contributed by atoms with Gasteiger partial charge in [-0.1, -0.05) is 6.07 Å². The Morgan fingerprint density at radius 2 is 1.97 bits per heavy atom. The summed E-state index contributed by atoms with van der Waals surface area (Å²) >= 11 is 0. The molecule has 0 saturated carbocycles. The largest absolute Gasteiger partial charge is 0.493 e. The summed E-state index contributed by atoms with van der Waals surface area (Å²) in [6.07, 6.45) is 1.05. The number of fused-ring (bicyclic) bond motifs is 1. The van der Waals surface area contributed by atoms with Gasteiger partial charge in [-0.2, -0.15) is 13.2 Å². The maximum atomic E-state index is 12.9. The SMILES string of the molecule is CCOc1cc2nc(C3CCOCC3)cn2cc1CC(=O)c1cccc(OCC(F)(F)F)n1. The topological polar surface area (TPSA) is 75.0 Å². The number of hydrogen-bond donors (Lipinski definition) is 0. The van der Waals surface area contributed by atoms with E-state index in [1.165, 1.54) is 18.2 Å². The van der Waals surface area contributed by atoms with Gasteiger partial charge in [0.25, 0.3) is 0 Å². The van der Waals surface area contributed by atoms with Crippen LogP contribution in [0.5, 0.6) is 11.6 Å². The number of alkyl halides is 3. The molecule has 0 amide bonds. The average molecular weight is 463 g/mol. The Morgan fingerprint density at radius 3 is 2.70 bits per heavy atom. The summed E-state index contributed by atoms with van der Waals surface area (Å²) in [6.45, 7) is 2.20. The van der Waals surface area contributed by atoms with E-state index < -0.39 is 12.8 Å². The number of halogens is 3. The molecule has 0 aliphatic carbocycles. The van der Waals surface area contributed by atoms with Gasteiger partial charge in [-0.15, -0.1) is 0 Å². The van der Waals surface area contributed by atoms with Crippen molar-refractivity contribution in [1.82, 2.24) is 14.4 Å². The normalized spacial score (nSPS) is 15.0. The van der Waals surface area contributed by atoms with Gasteiger partial charge < -0.3 is 18.6 Å². The monoisotopic (exact) mass is 463 g/mol. The lowest BCUT2D eigenvalue weighted by Gasteiger charge is -2.19. The van der Waals surface area contributed by atoms with E-state index in [-0.39, 0.29) is 23.8 Å². The number of pyridine rings is 2. The number of imidazole rings is 1. The van der Waals surface area contributed by atoms with Crippen molar-refractivity contribution in [2.75, 3.05) is 26.4 Å². The third kappa shape index (κ3) is 5.81. The molecule has 1 saturated heterocycles. The molecule has 4 rings (SSSR count). The second kappa shape index (κ2) is 9.78. The third-order valence-corrected chi connectivity index (χ3v) is 5.33. The highest BCUT2D eigenvalue weighted by Crippen LogP contribution is 2.29. The van der Waals surface area contributed by atoms with Crippen molar-refractivity contribution >= 4 is 11.4 Å². The van der Waals surface area contributed by atoms with Gasteiger partial charge >= 0.3 is 6.18 Å². The molecule has 176 valence electrons. The van der Waals surface area contributed by atoms with Gasteiger partial charge in [0.1, 0.15) is 17.1 Å². The smallest absolute Gasteiger partial charge is 0.422 e. The number of Topliss-reactive ketones (excluding diaryl/α,β-unsaturated/α-hetero) is 1. The fourth-order valence-electron chi connectivity index (χ4n) is 3.76. The van der Waals surface area contributed by atoms with E-state index >= 15 is 0 Å². The zero-order chi connectivity index (χ0) is 23.4. The van der Waals surface area contributed by atoms with Crippen LogP contribution >= 0.6 is 0 Å². The third-order valence-electron chi connectivity index (χ3n) is 5.33. The van der Waals surface area contributed by atoms with E-state index in [0.29, 0.717) is 37.1 Å². The second-order valence-electron chi connectivity index (χ2n) is 7.78. The molecular weight excluding hydrogens is 439 g/mol. The molecule has 3 aromatic rings. The number of rotatable bonds is 8. The minimum atomic E-state index is -4.49. The first-order valence-electron chi connectivity index (χ1n) is 10.7. The Labute approximate surface area is 188 Å². The first kappa shape index (κ1) is 23.0. The number of hydrogen-bond acceptors (Lipinski definition) is 6. The molecule has 0 aromatic carbocycles. The maximum absolute atomic E-state index is 12.9. The molecule has 1 aliphatic rings. The molecule has 0 unspecified atom stereocenters. The standard InChI is InChI=1S/C23H24F3N3O4/c1-2-32-20-11-21-27-18(15-6-8-31-9-7-15)13-29(21)12-16(20)10-19(30)17-4-3-5-22(28-17)33-14-23(24,25)26/h3-5,11-13,15H,2,6-10,14H2,1H3. The number of ketones is 1. The molecule has 4 heterocycles. The summed E-state index contributed by atoms with van der Waals surface area (Å²) in [5.74, 6) is 0.238. The van der Waals surface area contributed by atoms with Crippen molar-refractivity contribution in [3.05, 3.63) is 53.6 Å². The number of nitrogens with zero attached hydrogens (tertiary/aromatic N) is 3. The lowest BCUT2D eigenvalue weighted by molar-refractivity contribution is -0.154. The molecule has 7 nitrogen and oxygen atoms in total. The molecule has 3 aromatic heterocycles. The van der Waals surface area contributed by atoms with Crippen LogP contribution in [0.25, 0.3) is 5.65 Å². The average Bonchev–Trinajstić information content (AvgIpc) is 3.21. The minimum Gasteiger partial charge on any atom is -0.493 e. The molecule has 0 radical (unpaired) electrons. The molecule has 33 heavy (non-hydrogen) atoms. The fraction of sp³-hybridized carbons (Fsp3) is 0.435. The molecular formula is C23H24F3N3O4. The summed E-state index contributed by atoms with van der Waals surface area (Å²) in [7, 11) is 0. The highest BCUT2D eigenvalue weighted by Gasteiger charge is 2.29. The summed E-state index contributed by atoms with van der Waals surface area (Å²) in [5, 5.41) is 0. The van der Waals surface area contributed by atoms with E-state index in [4.69, 9.17) is 14.5 Å². The van der Waals surface area contributed by atoms with E-state index in [1.54, 1.807) is 12.3 Å². The van der Waals surface area contributed by atoms with Crippen LogP contribution < -0.4 is 9.47 Å². The number of carbonyl (C=O) groups excluding carboxylic acids is 1. The number of ether oxygens (including phenoxy) is 3. The molecule has 1 aliphatic heterocycles. The van der Waals surface area contributed by atoms with Crippen LogP contribution in [0.15, 0.2) is 36.7 Å². The van der Waals surface area contributed by atoms with Crippen LogP contribution in [-0.2, 0) is 11.2 Å². The molecule has 0 spiro atoms. The number of aromatic nitrogens is 3. The Kier molecular flexibility index (Phi) is 6.83.